The van der Waals surface area contributed by atoms with Crippen molar-refractivity contribution in [3.05, 3.63) is 66.2 Å². The van der Waals surface area contributed by atoms with E-state index in [4.69, 9.17) is 0 Å². The molecule has 0 aromatic carbocycles. The Morgan fingerprint density at radius 3 is 2.21 bits per heavy atom. The topological polar surface area (TPSA) is 30.7 Å². The van der Waals surface area contributed by atoms with Crippen molar-refractivity contribution in [3.63, 3.8) is 0 Å². The van der Waals surface area contributed by atoms with E-state index in [0.717, 1.165) is 17.1 Å². The highest BCUT2D eigenvalue weighted by atomic mass is 15.0. The van der Waals surface area contributed by atoms with E-state index in [1.54, 1.807) is 6.20 Å². The summed E-state index contributed by atoms with van der Waals surface area (Å²) in [4.78, 5) is 8.75. The van der Waals surface area contributed by atoms with Gasteiger partial charge in [-0.1, -0.05) is 6.07 Å². The fourth-order valence-electron chi connectivity index (χ4n) is 2.29. The van der Waals surface area contributed by atoms with Gasteiger partial charge in [0.25, 0.3) is 0 Å². The van der Waals surface area contributed by atoms with Crippen LogP contribution in [0.5, 0.6) is 0 Å². The van der Waals surface area contributed by atoms with Crippen LogP contribution in [0.1, 0.15) is 11.4 Å². The Kier molecular flexibility index (Phi) is 2.88. The van der Waals surface area contributed by atoms with E-state index in [2.05, 4.69) is 46.6 Å². The Bertz CT molecular complexity index is 680. The molecule has 3 rings (SSSR count). The molecule has 0 bridgehead atoms. The van der Waals surface area contributed by atoms with E-state index in [9.17, 15) is 0 Å². The molecule has 94 valence electrons. The van der Waals surface area contributed by atoms with E-state index >= 15 is 0 Å². The minimum absolute atomic E-state index is 0.894. The van der Waals surface area contributed by atoms with Gasteiger partial charge in [-0.25, -0.2) is 0 Å². The molecule has 0 unspecified atom stereocenters. The zero-order chi connectivity index (χ0) is 13.2. The Morgan fingerprint density at radius 1 is 0.789 bits per heavy atom. The summed E-state index contributed by atoms with van der Waals surface area (Å²) in [6.07, 6.45) is 3.62. The van der Waals surface area contributed by atoms with Crippen molar-refractivity contribution in [1.29, 1.82) is 0 Å². The van der Waals surface area contributed by atoms with Crippen LogP contribution in [0.25, 0.3) is 17.1 Å². The van der Waals surface area contributed by atoms with Crippen LogP contribution in [0.4, 0.5) is 0 Å². The number of hydrogen-bond acceptors (Lipinski definition) is 2. The second-order valence-electron chi connectivity index (χ2n) is 4.57. The van der Waals surface area contributed by atoms with Gasteiger partial charge in [0.2, 0.25) is 0 Å². The Morgan fingerprint density at radius 2 is 1.53 bits per heavy atom. The van der Waals surface area contributed by atoms with Gasteiger partial charge >= 0.3 is 0 Å². The van der Waals surface area contributed by atoms with E-state index in [1.165, 1.54) is 11.4 Å². The number of hydrogen-bond donors (Lipinski definition) is 0. The molecule has 0 saturated carbocycles. The van der Waals surface area contributed by atoms with Crippen molar-refractivity contribution in [2.24, 2.45) is 0 Å². The van der Waals surface area contributed by atoms with Crippen molar-refractivity contribution in [1.82, 2.24) is 14.5 Å². The molecule has 0 radical (unpaired) electrons. The molecular weight excluding hydrogens is 234 g/mol. The molecule has 0 N–H and O–H groups in total. The number of nitrogens with zero attached hydrogens (tertiary/aromatic N) is 3. The lowest BCUT2D eigenvalue weighted by molar-refractivity contribution is 0.961. The van der Waals surface area contributed by atoms with Gasteiger partial charge in [0.05, 0.1) is 11.4 Å². The average molecular weight is 249 g/mol. The molecule has 0 aliphatic rings. The normalized spacial score (nSPS) is 10.6. The summed E-state index contributed by atoms with van der Waals surface area (Å²) in [6, 6.07) is 14.2. The maximum Gasteiger partial charge on any atom is 0.0906 e. The first-order chi connectivity index (χ1) is 9.25. The van der Waals surface area contributed by atoms with Crippen molar-refractivity contribution < 1.29 is 0 Å². The summed E-state index contributed by atoms with van der Waals surface area (Å²) in [5, 5.41) is 0. The minimum atomic E-state index is 0.894. The summed E-state index contributed by atoms with van der Waals surface area (Å²) in [5.74, 6) is 0. The van der Waals surface area contributed by atoms with Gasteiger partial charge in [0.1, 0.15) is 0 Å². The van der Waals surface area contributed by atoms with Gasteiger partial charge in [0, 0.05) is 29.5 Å². The smallest absolute Gasteiger partial charge is 0.0906 e. The lowest BCUT2D eigenvalue weighted by atomic mass is 10.2. The summed E-state index contributed by atoms with van der Waals surface area (Å²) in [5.41, 5.74) is 5.35. The third-order valence-electron chi connectivity index (χ3n) is 3.20. The highest BCUT2D eigenvalue weighted by molar-refractivity contribution is 5.57. The summed E-state index contributed by atoms with van der Waals surface area (Å²) >= 11 is 0. The second kappa shape index (κ2) is 4.69. The van der Waals surface area contributed by atoms with Crippen LogP contribution in [0.2, 0.25) is 0 Å². The second-order valence-corrected chi connectivity index (χ2v) is 4.57. The Labute approximate surface area is 112 Å². The number of aryl methyl sites for hydroxylation is 2. The van der Waals surface area contributed by atoms with Crippen LogP contribution >= 0.6 is 0 Å². The third kappa shape index (κ3) is 2.15. The van der Waals surface area contributed by atoms with Crippen LogP contribution in [0, 0.1) is 13.8 Å². The van der Waals surface area contributed by atoms with Gasteiger partial charge in [0.15, 0.2) is 0 Å². The van der Waals surface area contributed by atoms with E-state index in [0.29, 0.717) is 0 Å². The van der Waals surface area contributed by atoms with Crippen LogP contribution in [0.3, 0.4) is 0 Å². The molecule has 0 saturated heterocycles. The molecule has 3 aromatic rings. The van der Waals surface area contributed by atoms with E-state index in [-0.39, 0.29) is 0 Å². The van der Waals surface area contributed by atoms with Crippen LogP contribution in [0.15, 0.2) is 54.9 Å². The highest BCUT2D eigenvalue weighted by Crippen LogP contribution is 2.20. The molecular formula is C16H15N3. The van der Waals surface area contributed by atoms with Crippen molar-refractivity contribution in [2.45, 2.75) is 13.8 Å². The highest BCUT2D eigenvalue weighted by Gasteiger charge is 2.06. The monoisotopic (exact) mass is 249 g/mol. The zero-order valence-electron chi connectivity index (χ0n) is 11.0. The first-order valence-corrected chi connectivity index (χ1v) is 6.28. The van der Waals surface area contributed by atoms with Gasteiger partial charge in [-0.3, -0.25) is 9.97 Å². The predicted molar refractivity (Wildman–Crippen MR) is 76.3 cm³/mol. The Hall–Kier alpha value is -2.42. The van der Waals surface area contributed by atoms with Crippen molar-refractivity contribution in [2.75, 3.05) is 0 Å². The van der Waals surface area contributed by atoms with Crippen molar-refractivity contribution >= 4 is 0 Å². The lowest BCUT2D eigenvalue weighted by Crippen LogP contribution is -1.99. The van der Waals surface area contributed by atoms with Gasteiger partial charge in [-0.05, 0) is 50.2 Å². The molecule has 0 aliphatic carbocycles. The molecule has 0 spiro atoms. The lowest BCUT2D eigenvalue weighted by Gasteiger charge is -2.10. The molecule has 0 aliphatic heterocycles. The summed E-state index contributed by atoms with van der Waals surface area (Å²) in [6.45, 7) is 4.21. The predicted octanol–water partition coefficient (Wildman–Crippen LogP) is 3.55. The number of pyridine rings is 2. The summed E-state index contributed by atoms with van der Waals surface area (Å²) < 4.78 is 2.22. The molecule has 0 fully saturated rings. The standard InChI is InChI=1S/C16H15N3/c1-12-6-7-13(2)19(12)14-8-10-18-16(11-14)15-5-3-4-9-17-15/h3-11H,1-2H3. The van der Waals surface area contributed by atoms with E-state index < -0.39 is 0 Å². The Balaban J connectivity index is 2.11. The molecule has 19 heavy (non-hydrogen) atoms. The van der Waals surface area contributed by atoms with Crippen LogP contribution in [-0.2, 0) is 0 Å². The minimum Gasteiger partial charge on any atom is -0.318 e. The fourth-order valence-corrected chi connectivity index (χ4v) is 2.29. The first kappa shape index (κ1) is 11.7. The molecule has 0 atom stereocenters. The molecule has 3 aromatic heterocycles. The molecule has 0 amide bonds. The quantitative estimate of drug-likeness (QED) is 0.695. The average Bonchev–Trinajstić information content (AvgIpc) is 2.79. The first-order valence-electron chi connectivity index (χ1n) is 6.28. The molecule has 3 heteroatoms. The fraction of sp³-hybridized carbons (Fsp3) is 0.125. The van der Waals surface area contributed by atoms with Crippen LogP contribution in [-0.4, -0.2) is 14.5 Å². The zero-order valence-corrected chi connectivity index (χ0v) is 11.0. The summed E-state index contributed by atoms with van der Waals surface area (Å²) in [7, 11) is 0. The van der Waals surface area contributed by atoms with Crippen LogP contribution < -0.4 is 0 Å². The van der Waals surface area contributed by atoms with Gasteiger partial charge in [-0.2, -0.15) is 0 Å². The maximum atomic E-state index is 4.40. The molecule has 3 heterocycles. The SMILES string of the molecule is Cc1ccc(C)n1-c1ccnc(-c2ccccn2)c1. The van der Waals surface area contributed by atoms with E-state index in [1.807, 2.05) is 30.5 Å². The van der Waals surface area contributed by atoms with Gasteiger partial charge in [-0.15, -0.1) is 0 Å². The number of aromatic nitrogens is 3. The largest absolute Gasteiger partial charge is 0.318 e. The third-order valence-corrected chi connectivity index (χ3v) is 3.20. The maximum absolute atomic E-state index is 4.40. The van der Waals surface area contributed by atoms with Crippen molar-refractivity contribution in [3.8, 4) is 17.1 Å². The molecule has 3 nitrogen and oxygen atoms in total. The number of rotatable bonds is 2. The van der Waals surface area contributed by atoms with Gasteiger partial charge < -0.3 is 4.57 Å².